The van der Waals surface area contributed by atoms with E-state index in [4.69, 9.17) is 4.42 Å². The van der Waals surface area contributed by atoms with Crippen LogP contribution in [0.5, 0.6) is 0 Å². The zero-order valence-electron chi connectivity index (χ0n) is 11.9. The number of hydrogen-bond donors (Lipinski definition) is 2. The molecule has 0 aliphatic rings. The number of fused-ring (bicyclic) bond motifs is 1. The molecule has 0 amide bonds. The zero-order valence-corrected chi connectivity index (χ0v) is 11.9. The third-order valence-corrected chi connectivity index (χ3v) is 3.69. The van der Waals surface area contributed by atoms with Crippen LogP contribution in [0.25, 0.3) is 11.0 Å². The lowest BCUT2D eigenvalue weighted by Crippen LogP contribution is -2.10. The van der Waals surface area contributed by atoms with Crippen LogP contribution in [0.15, 0.2) is 53.5 Å². The number of imidazole rings is 2. The van der Waals surface area contributed by atoms with Gasteiger partial charge in [0.15, 0.2) is 5.89 Å². The van der Waals surface area contributed by atoms with Crippen LogP contribution < -0.4 is 0 Å². The Bertz CT molecular complexity index is 815. The van der Waals surface area contributed by atoms with Gasteiger partial charge in [-0.15, -0.1) is 0 Å². The Morgan fingerprint density at radius 2 is 2.05 bits per heavy atom. The van der Waals surface area contributed by atoms with Crippen molar-refractivity contribution < 1.29 is 4.42 Å². The number of oxazole rings is 1. The summed E-state index contributed by atoms with van der Waals surface area (Å²) in [5.41, 5.74) is 2.03. The average molecular weight is 293 g/mol. The van der Waals surface area contributed by atoms with Crippen molar-refractivity contribution in [2.24, 2.45) is 0 Å². The van der Waals surface area contributed by atoms with E-state index in [0.717, 1.165) is 29.1 Å². The van der Waals surface area contributed by atoms with Crippen LogP contribution >= 0.6 is 0 Å². The summed E-state index contributed by atoms with van der Waals surface area (Å²) in [4.78, 5) is 19.8. The molecule has 0 bridgehead atoms. The molecule has 0 radical (unpaired) electrons. The van der Waals surface area contributed by atoms with Gasteiger partial charge in [-0.25, -0.2) is 15.0 Å². The molecule has 2 N–H and O–H groups in total. The minimum atomic E-state index is 0.134. The summed E-state index contributed by atoms with van der Waals surface area (Å²) in [5, 5.41) is 0. The molecule has 3 heterocycles. The number of H-pyrrole nitrogens is 2. The quantitative estimate of drug-likeness (QED) is 0.592. The molecule has 6 heteroatoms. The molecular formula is C16H15N5O. The van der Waals surface area contributed by atoms with E-state index in [1.54, 1.807) is 18.7 Å². The second-order valence-corrected chi connectivity index (χ2v) is 5.21. The molecule has 0 saturated heterocycles. The molecule has 4 rings (SSSR count). The van der Waals surface area contributed by atoms with E-state index in [0.29, 0.717) is 12.3 Å². The van der Waals surface area contributed by atoms with Gasteiger partial charge >= 0.3 is 0 Å². The van der Waals surface area contributed by atoms with Crippen molar-refractivity contribution >= 4 is 11.0 Å². The Kier molecular flexibility index (Phi) is 3.19. The molecule has 0 aliphatic carbocycles. The van der Waals surface area contributed by atoms with Gasteiger partial charge in [0.25, 0.3) is 0 Å². The lowest BCUT2D eigenvalue weighted by molar-refractivity contribution is 0.462. The highest BCUT2D eigenvalue weighted by molar-refractivity contribution is 5.74. The second-order valence-electron chi connectivity index (χ2n) is 5.21. The van der Waals surface area contributed by atoms with Gasteiger partial charge in [-0.1, -0.05) is 12.1 Å². The first-order chi connectivity index (χ1) is 10.9. The van der Waals surface area contributed by atoms with Crippen molar-refractivity contribution in [3.63, 3.8) is 0 Å². The summed E-state index contributed by atoms with van der Waals surface area (Å²) >= 11 is 0. The normalized spacial score (nSPS) is 12.7. The predicted molar refractivity (Wildman–Crippen MR) is 81.3 cm³/mol. The number of para-hydroxylation sites is 2. The fraction of sp³-hybridized carbons (Fsp3) is 0.188. The molecule has 4 aromatic rings. The molecule has 1 unspecified atom stereocenters. The fourth-order valence-electron chi connectivity index (χ4n) is 2.67. The lowest BCUT2D eigenvalue weighted by Gasteiger charge is -2.11. The third kappa shape index (κ3) is 2.50. The maximum Gasteiger partial charge on any atom is 0.194 e. The number of nitrogens with zero attached hydrogens (tertiary/aromatic N) is 3. The first-order valence-electron chi connectivity index (χ1n) is 7.20. The molecular weight excluding hydrogens is 278 g/mol. The maximum atomic E-state index is 5.38. The van der Waals surface area contributed by atoms with E-state index in [2.05, 4.69) is 24.9 Å². The topological polar surface area (TPSA) is 83.4 Å². The van der Waals surface area contributed by atoms with E-state index in [1.165, 1.54) is 0 Å². The predicted octanol–water partition coefficient (Wildman–Crippen LogP) is 2.84. The van der Waals surface area contributed by atoms with Gasteiger partial charge in [0.05, 0.1) is 17.2 Å². The van der Waals surface area contributed by atoms with Crippen molar-refractivity contribution in [1.82, 2.24) is 24.9 Å². The van der Waals surface area contributed by atoms with E-state index >= 15 is 0 Å². The van der Waals surface area contributed by atoms with Crippen LogP contribution in [-0.4, -0.2) is 24.9 Å². The molecule has 3 aromatic heterocycles. The number of benzene rings is 1. The van der Waals surface area contributed by atoms with Crippen LogP contribution in [0.4, 0.5) is 0 Å². The highest BCUT2D eigenvalue weighted by Crippen LogP contribution is 2.22. The van der Waals surface area contributed by atoms with E-state index in [1.807, 2.05) is 30.5 Å². The maximum absolute atomic E-state index is 5.38. The van der Waals surface area contributed by atoms with Gasteiger partial charge in [0.2, 0.25) is 0 Å². The Hall–Kier alpha value is -2.89. The van der Waals surface area contributed by atoms with Crippen molar-refractivity contribution in [3.05, 3.63) is 66.7 Å². The summed E-state index contributed by atoms with van der Waals surface area (Å²) in [6, 6.07) is 8.03. The molecule has 6 nitrogen and oxygen atoms in total. The van der Waals surface area contributed by atoms with E-state index in [-0.39, 0.29) is 5.92 Å². The Morgan fingerprint density at radius 3 is 2.82 bits per heavy atom. The summed E-state index contributed by atoms with van der Waals surface area (Å²) in [6.45, 7) is 0. The van der Waals surface area contributed by atoms with Gasteiger partial charge in [-0.3, -0.25) is 0 Å². The first kappa shape index (κ1) is 12.8. The van der Waals surface area contributed by atoms with Gasteiger partial charge in [-0.2, -0.15) is 0 Å². The SMILES string of the molecule is c1ccc2[nH]c(CC(Cc3ncco3)c3ncc[nH]3)nc2c1. The van der Waals surface area contributed by atoms with Gasteiger partial charge in [0, 0.05) is 31.2 Å². The van der Waals surface area contributed by atoms with Crippen molar-refractivity contribution in [1.29, 1.82) is 0 Å². The van der Waals surface area contributed by atoms with Crippen LogP contribution in [0.2, 0.25) is 0 Å². The Morgan fingerprint density at radius 1 is 1.09 bits per heavy atom. The van der Waals surface area contributed by atoms with Gasteiger partial charge < -0.3 is 14.4 Å². The number of aromatic nitrogens is 5. The second kappa shape index (κ2) is 5.48. The highest BCUT2D eigenvalue weighted by Gasteiger charge is 2.19. The van der Waals surface area contributed by atoms with Crippen molar-refractivity contribution in [3.8, 4) is 0 Å². The van der Waals surface area contributed by atoms with Crippen molar-refractivity contribution in [2.45, 2.75) is 18.8 Å². The third-order valence-electron chi connectivity index (χ3n) is 3.69. The van der Waals surface area contributed by atoms with Crippen LogP contribution in [0.1, 0.15) is 23.5 Å². The Balaban J connectivity index is 1.62. The van der Waals surface area contributed by atoms with Crippen LogP contribution in [0.3, 0.4) is 0 Å². The number of hydrogen-bond acceptors (Lipinski definition) is 4. The van der Waals surface area contributed by atoms with Gasteiger partial charge in [-0.05, 0) is 12.1 Å². The monoisotopic (exact) mass is 293 g/mol. The molecule has 0 saturated carbocycles. The molecule has 0 aliphatic heterocycles. The summed E-state index contributed by atoms with van der Waals surface area (Å²) in [7, 11) is 0. The summed E-state index contributed by atoms with van der Waals surface area (Å²) in [5.74, 6) is 2.69. The molecule has 110 valence electrons. The number of aromatic amines is 2. The highest BCUT2D eigenvalue weighted by atomic mass is 16.3. The first-order valence-corrected chi connectivity index (χ1v) is 7.20. The standard InChI is InChI=1S/C16H15N5O/c1-2-4-13-12(3-1)20-14(21-13)9-11(16-18-5-6-19-16)10-15-17-7-8-22-15/h1-8,11H,9-10H2,(H,18,19)(H,20,21). The molecule has 22 heavy (non-hydrogen) atoms. The molecule has 0 fully saturated rings. The number of rotatable bonds is 5. The molecule has 1 atom stereocenters. The fourth-order valence-corrected chi connectivity index (χ4v) is 2.67. The van der Waals surface area contributed by atoms with E-state index < -0.39 is 0 Å². The largest absolute Gasteiger partial charge is 0.449 e. The summed E-state index contributed by atoms with van der Waals surface area (Å²) < 4.78 is 5.38. The Labute approximate surface area is 126 Å². The van der Waals surface area contributed by atoms with E-state index in [9.17, 15) is 0 Å². The van der Waals surface area contributed by atoms with Crippen LogP contribution in [-0.2, 0) is 12.8 Å². The number of nitrogens with one attached hydrogen (secondary N) is 2. The van der Waals surface area contributed by atoms with Gasteiger partial charge in [0.1, 0.15) is 17.9 Å². The minimum absolute atomic E-state index is 0.134. The molecule has 1 aromatic carbocycles. The average Bonchev–Trinajstić information content (AvgIpc) is 3.27. The van der Waals surface area contributed by atoms with Crippen LogP contribution in [0, 0.1) is 0 Å². The molecule has 0 spiro atoms. The van der Waals surface area contributed by atoms with Crippen molar-refractivity contribution in [2.75, 3.05) is 0 Å². The lowest BCUT2D eigenvalue weighted by atomic mass is 10.00. The minimum Gasteiger partial charge on any atom is -0.449 e. The zero-order chi connectivity index (χ0) is 14.8. The summed E-state index contributed by atoms with van der Waals surface area (Å²) in [6.07, 6.45) is 8.26. The smallest absolute Gasteiger partial charge is 0.194 e.